The van der Waals surface area contributed by atoms with Crippen LogP contribution in [0.5, 0.6) is 5.75 Å². The van der Waals surface area contributed by atoms with E-state index in [-0.39, 0.29) is 35.9 Å². The number of nitrogens with zero attached hydrogens (tertiary/aromatic N) is 1. The van der Waals surface area contributed by atoms with Crippen LogP contribution in [0.15, 0.2) is 47.5 Å². The lowest BCUT2D eigenvalue weighted by atomic mass is 10.1. The zero-order valence-corrected chi connectivity index (χ0v) is 18.5. The number of aryl methyl sites for hydroxylation is 1. The minimum atomic E-state index is -0.235. The molecule has 1 unspecified atom stereocenters. The van der Waals surface area contributed by atoms with Gasteiger partial charge in [-0.15, -0.1) is 24.0 Å². The quantitative estimate of drug-likeness (QED) is 0.361. The van der Waals surface area contributed by atoms with Gasteiger partial charge in [-0.1, -0.05) is 24.3 Å². The minimum absolute atomic E-state index is 0. The Balaban J connectivity index is 0.00000280. The number of rotatable bonds is 6. The standard InChI is InChI=1S/C21H26FN3O2.HI/c1-15-3-6-17(20(11-15)27-19-9-10-26-14-19)13-25-21(23-2)24-12-16-4-7-18(22)8-5-16;/h3-8,11,19H,9-10,12-14H2,1-2H3,(H2,23,24,25);1H. The molecule has 1 fully saturated rings. The summed E-state index contributed by atoms with van der Waals surface area (Å²) >= 11 is 0. The zero-order valence-electron chi connectivity index (χ0n) is 16.2. The lowest BCUT2D eigenvalue weighted by Crippen LogP contribution is -2.36. The van der Waals surface area contributed by atoms with E-state index < -0.39 is 0 Å². The molecule has 0 amide bonds. The number of hydrogen-bond donors (Lipinski definition) is 2. The molecule has 0 aliphatic carbocycles. The van der Waals surface area contributed by atoms with Gasteiger partial charge >= 0.3 is 0 Å². The molecule has 2 aromatic rings. The highest BCUT2D eigenvalue weighted by atomic mass is 127. The van der Waals surface area contributed by atoms with Crippen LogP contribution in [-0.2, 0) is 17.8 Å². The van der Waals surface area contributed by atoms with Crippen molar-refractivity contribution in [2.45, 2.75) is 32.5 Å². The average Bonchev–Trinajstić information content (AvgIpc) is 3.18. The molecule has 2 aromatic carbocycles. The number of nitrogens with one attached hydrogen (secondary N) is 2. The Morgan fingerprint density at radius 2 is 1.93 bits per heavy atom. The third kappa shape index (κ3) is 6.63. The van der Waals surface area contributed by atoms with Crippen LogP contribution in [0.4, 0.5) is 4.39 Å². The molecule has 0 radical (unpaired) electrons. The van der Waals surface area contributed by atoms with E-state index in [0.29, 0.717) is 25.7 Å². The normalized spacial score (nSPS) is 16.4. The van der Waals surface area contributed by atoms with Crippen LogP contribution < -0.4 is 15.4 Å². The van der Waals surface area contributed by atoms with E-state index in [9.17, 15) is 4.39 Å². The fraction of sp³-hybridized carbons (Fsp3) is 0.381. The Bertz CT molecular complexity index is 778. The first-order valence-electron chi connectivity index (χ1n) is 9.17. The lowest BCUT2D eigenvalue weighted by molar-refractivity contribution is 0.140. The molecule has 28 heavy (non-hydrogen) atoms. The summed E-state index contributed by atoms with van der Waals surface area (Å²) < 4.78 is 24.5. The van der Waals surface area contributed by atoms with E-state index >= 15 is 0 Å². The molecule has 1 aliphatic rings. The molecular formula is C21H27FIN3O2. The highest BCUT2D eigenvalue weighted by Gasteiger charge is 2.18. The van der Waals surface area contributed by atoms with E-state index in [0.717, 1.165) is 35.5 Å². The van der Waals surface area contributed by atoms with Crippen LogP contribution in [0.1, 0.15) is 23.1 Å². The Morgan fingerprint density at radius 3 is 2.61 bits per heavy atom. The molecular weight excluding hydrogens is 472 g/mol. The van der Waals surface area contributed by atoms with Gasteiger partial charge in [0.15, 0.2) is 5.96 Å². The summed E-state index contributed by atoms with van der Waals surface area (Å²) in [6.07, 6.45) is 1.03. The molecule has 5 nitrogen and oxygen atoms in total. The Hall–Kier alpha value is -1.87. The van der Waals surface area contributed by atoms with E-state index in [1.165, 1.54) is 12.1 Å². The van der Waals surface area contributed by atoms with Crippen molar-refractivity contribution in [3.8, 4) is 5.75 Å². The number of halogens is 2. The first-order chi connectivity index (χ1) is 13.1. The maximum atomic E-state index is 13.0. The molecule has 0 saturated carbocycles. The van der Waals surface area contributed by atoms with Crippen LogP contribution in [0, 0.1) is 12.7 Å². The molecule has 2 N–H and O–H groups in total. The Morgan fingerprint density at radius 1 is 1.18 bits per heavy atom. The van der Waals surface area contributed by atoms with Crippen molar-refractivity contribution in [1.29, 1.82) is 0 Å². The van der Waals surface area contributed by atoms with Crippen LogP contribution >= 0.6 is 24.0 Å². The molecule has 1 aliphatic heterocycles. The second kappa shape index (κ2) is 11.2. The topological polar surface area (TPSA) is 54.9 Å². The van der Waals surface area contributed by atoms with Crippen molar-refractivity contribution in [2.24, 2.45) is 4.99 Å². The number of aliphatic imine (C=N–C) groups is 1. The fourth-order valence-electron chi connectivity index (χ4n) is 2.89. The summed E-state index contributed by atoms with van der Waals surface area (Å²) in [5.41, 5.74) is 3.21. The number of hydrogen-bond acceptors (Lipinski definition) is 3. The highest BCUT2D eigenvalue weighted by molar-refractivity contribution is 14.0. The lowest BCUT2D eigenvalue weighted by Gasteiger charge is -2.18. The van der Waals surface area contributed by atoms with Crippen LogP contribution in [0.25, 0.3) is 0 Å². The molecule has 1 heterocycles. The van der Waals surface area contributed by atoms with Gasteiger partial charge in [-0.25, -0.2) is 4.39 Å². The SMILES string of the molecule is CN=C(NCc1ccc(F)cc1)NCc1ccc(C)cc1OC1CCOC1.I. The van der Waals surface area contributed by atoms with Gasteiger partial charge in [-0.3, -0.25) is 4.99 Å². The van der Waals surface area contributed by atoms with Crippen molar-refractivity contribution in [3.05, 3.63) is 65.0 Å². The predicted octanol–water partition coefficient (Wildman–Crippen LogP) is 3.79. The van der Waals surface area contributed by atoms with E-state index in [2.05, 4.69) is 40.7 Å². The minimum Gasteiger partial charge on any atom is -0.488 e. The van der Waals surface area contributed by atoms with Crippen LogP contribution in [-0.4, -0.2) is 32.3 Å². The summed E-state index contributed by atoms with van der Waals surface area (Å²) in [5, 5.41) is 6.54. The maximum Gasteiger partial charge on any atom is 0.191 e. The molecule has 7 heteroatoms. The molecule has 1 atom stereocenters. The molecule has 1 saturated heterocycles. The third-order valence-electron chi connectivity index (χ3n) is 4.45. The molecule has 3 rings (SSSR count). The largest absolute Gasteiger partial charge is 0.488 e. The van der Waals surface area contributed by atoms with Crippen molar-refractivity contribution < 1.29 is 13.9 Å². The van der Waals surface area contributed by atoms with Crippen LogP contribution in [0.2, 0.25) is 0 Å². The van der Waals surface area contributed by atoms with Gasteiger partial charge in [0.2, 0.25) is 0 Å². The molecule has 0 bridgehead atoms. The van der Waals surface area contributed by atoms with Gasteiger partial charge in [-0.2, -0.15) is 0 Å². The van der Waals surface area contributed by atoms with Gasteiger partial charge in [-0.05, 0) is 36.2 Å². The summed E-state index contributed by atoms with van der Waals surface area (Å²) in [7, 11) is 1.72. The Labute approximate surface area is 182 Å². The second-order valence-electron chi connectivity index (χ2n) is 6.62. The average molecular weight is 499 g/mol. The number of ether oxygens (including phenoxy) is 2. The van der Waals surface area contributed by atoms with Crippen molar-refractivity contribution >= 4 is 29.9 Å². The van der Waals surface area contributed by atoms with Crippen molar-refractivity contribution in [1.82, 2.24) is 10.6 Å². The van der Waals surface area contributed by atoms with E-state index in [1.54, 1.807) is 19.2 Å². The first-order valence-corrected chi connectivity index (χ1v) is 9.17. The summed E-state index contributed by atoms with van der Waals surface area (Å²) in [4.78, 5) is 4.25. The predicted molar refractivity (Wildman–Crippen MR) is 120 cm³/mol. The monoisotopic (exact) mass is 499 g/mol. The molecule has 152 valence electrons. The molecule has 0 spiro atoms. The van der Waals surface area contributed by atoms with E-state index in [4.69, 9.17) is 9.47 Å². The first kappa shape index (κ1) is 22.4. The van der Waals surface area contributed by atoms with E-state index in [1.807, 2.05) is 0 Å². The van der Waals surface area contributed by atoms with Crippen LogP contribution in [0.3, 0.4) is 0 Å². The second-order valence-corrected chi connectivity index (χ2v) is 6.62. The highest BCUT2D eigenvalue weighted by Crippen LogP contribution is 2.23. The summed E-state index contributed by atoms with van der Waals surface area (Å²) in [6.45, 7) is 4.60. The zero-order chi connectivity index (χ0) is 19.1. The van der Waals surface area contributed by atoms with Crippen molar-refractivity contribution in [2.75, 3.05) is 20.3 Å². The number of benzene rings is 2. The summed E-state index contributed by atoms with van der Waals surface area (Å²) in [5.74, 6) is 1.32. The van der Waals surface area contributed by atoms with Gasteiger partial charge in [0.25, 0.3) is 0 Å². The van der Waals surface area contributed by atoms with Gasteiger partial charge in [0.1, 0.15) is 17.7 Å². The van der Waals surface area contributed by atoms with Gasteiger partial charge in [0, 0.05) is 32.1 Å². The van der Waals surface area contributed by atoms with Gasteiger partial charge in [0.05, 0.1) is 13.2 Å². The number of guanidine groups is 1. The maximum absolute atomic E-state index is 13.0. The molecule has 0 aromatic heterocycles. The fourth-order valence-corrected chi connectivity index (χ4v) is 2.89. The smallest absolute Gasteiger partial charge is 0.191 e. The van der Waals surface area contributed by atoms with Gasteiger partial charge < -0.3 is 20.1 Å². The third-order valence-corrected chi connectivity index (χ3v) is 4.45. The summed E-state index contributed by atoms with van der Waals surface area (Å²) in [6, 6.07) is 12.6. The Kier molecular flexibility index (Phi) is 8.98. The van der Waals surface area contributed by atoms with Crippen molar-refractivity contribution in [3.63, 3.8) is 0 Å².